The summed E-state index contributed by atoms with van der Waals surface area (Å²) in [6.45, 7) is 1.46. The number of carbonyl (C=O) groups is 1. The average molecular weight is 249 g/mol. The van der Waals surface area contributed by atoms with Gasteiger partial charge in [0.15, 0.2) is 0 Å². The first-order chi connectivity index (χ1) is 7.91. The van der Waals surface area contributed by atoms with Gasteiger partial charge in [-0.1, -0.05) is 0 Å². The second-order valence-corrected chi connectivity index (χ2v) is 3.53. The summed E-state index contributed by atoms with van der Waals surface area (Å²) in [6, 6.07) is 1.32. The number of aliphatic hydroxyl groups is 1. The lowest BCUT2D eigenvalue weighted by atomic mass is 10.2. The summed E-state index contributed by atoms with van der Waals surface area (Å²) in [5.41, 5.74) is 0.559. The van der Waals surface area contributed by atoms with E-state index < -0.39 is 18.5 Å². The van der Waals surface area contributed by atoms with Crippen molar-refractivity contribution in [3.8, 4) is 0 Å². The summed E-state index contributed by atoms with van der Waals surface area (Å²) in [4.78, 5) is 10.6. The molecule has 0 aliphatic carbocycles. The number of hydrogen-bond donors (Lipinski definition) is 3. The van der Waals surface area contributed by atoms with Crippen LogP contribution >= 0.6 is 0 Å². The van der Waals surface area contributed by atoms with Crippen molar-refractivity contribution in [2.24, 2.45) is 0 Å². The molecular weight excluding hydrogens is 236 g/mol. The van der Waals surface area contributed by atoms with Crippen molar-refractivity contribution >= 4 is 5.97 Å². The van der Waals surface area contributed by atoms with Crippen LogP contribution in [0.15, 0.2) is 10.5 Å². The first kappa shape index (κ1) is 13.6. The highest BCUT2D eigenvalue weighted by molar-refractivity contribution is 5.84. The zero-order valence-electron chi connectivity index (χ0n) is 9.11. The molecule has 1 aromatic heterocycles. The molecule has 0 fully saturated rings. The fraction of sp³-hybridized carbons (Fsp3) is 0.500. The molecule has 1 heterocycles. The number of carboxylic acids is 1. The largest absolute Gasteiger partial charge is 0.475 e. The van der Waals surface area contributed by atoms with Gasteiger partial charge in [0, 0.05) is 18.7 Å². The lowest BCUT2D eigenvalue weighted by Gasteiger charge is -2.09. The van der Waals surface area contributed by atoms with Crippen molar-refractivity contribution < 1.29 is 28.2 Å². The maximum Gasteiger partial charge on any atom is 0.371 e. The van der Waals surface area contributed by atoms with Crippen molar-refractivity contribution in [3.05, 3.63) is 23.2 Å². The third-order valence-corrected chi connectivity index (χ3v) is 2.19. The molecule has 1 unspecified atom stereocenters. The number of carboxylic acid groups (broad SMARTS) is 1. The van der Waals surface area contributed by atoms with E-state index in [1.165, 1.54) is 6.07 Å². The van der Waals surface area contributed by atoms with Gasteiger partial charge in [-0.2, -0.15) is 0 Å². The minimum atomic E-state index is -2.80. The Morgan fingerprint density at radius 1 is 1.59 bits per heavy atom. The second kappa shape index (κ2) is 5.74. The van der Waals surface area contributed by atoms with E-state index in [0.717, 1.165) is 0 Å². The lowest BCUT2D eigenvalue weighted by Crippen LogP contribution is -2.31. The zero-order valence-corrected chi connectivity index (χ0v) is 9.11. The van der Waals surface area contributed by atoms with Gasteiger partial charge in [-0.05, 0) is 13.0 Å². The summed E-state index contributed by atoms with van der Waals surface area (Å²) in [7, 11) is 0. The molecule has 0 bridgehead atoms. The molecule has 3 N–H and O–H groups in total. The molecule has 0 amide bonds. The Morgan fingerprint density at radius 2 is 2.24 bits per heavy atom. The topological polar surface area (TPSA) is 82.7 Å². The fourth-order valence-electron chi connectivity index (χ4n) is 1.24. The van der Waals surface area contributed by atoms with Gasteiger partial charge in [0.2, 0.25) is 5.76 Å². The van der Waals surface area contributed by atoms with Crippen molar-refractivity contribution in [3.63, 3.8) is 0 Å². The van der Waals surface area contributed by atoms with Gasteiger partial charge >= 0.3 is 5.97 Å². The minimum Gasteiger partial charge on any atom is -0.475 e. The number of aryl methyl sites for hydroxylation is 1. The van der Waals surface area contributed by atoms with Gasteiger partial charge in [-0.15, -0.1) is 0 Å². The SMILES string of the molecule is Cc1oc(C(=O)O)cc1CNCC(O)C(F)F. The number of nitrogens with one attached hydrogen (secondary N) is 1. The third-order valence-electron chi connectivity index (χ3n) is 2.19. The number of furan rings is 1. The molecule has 0 aliphatic heterocycles. The van der Waals surface area contributed by atoms with Crippen LogP contribution in [0.2, 0.25) is 0 Å². The highest BCUT2D eigenvalue weighted by Crippen LogP contribution is 2.14. The third kappa shape index (κ3) is 3.79. The van der Waals surface area contributed by atoms with Crippen LogP contribution < -0.4 is 5.32 Å². The lowest BCUT2D eigenvalue weighted by molar-refractivity contribution is -0.00341. The van der Waals surface area contributed by atoms with Crippen molar-refractivity contribution in [1.82, 2.24) is 5.32 Å². The van der Waals surface area contributed by atoms with Crippen LogP contribution in [0.25, 0.3) is 0 Å². The van der Waals surface area contributed by atoms with Crippen molar-refractivity contribution in [2.45, 2.75) is 26.0 Å². The van der Waals surface area contributed by atoms with E-state index in [1.54, 1.807) is 6.92 Å². The maximum atomic E-state index is 12.0. The number of halogens is 2. The highest BCUT2D eigenvalue weighted by Gasteiger charge is 2.17. The molecule has 0 radical (unpaired) electrons. The number of alkyl halides is 2. The molecule has 1 aromatic rings. The van der Waals surface area contributed by atoms with E-state index in [2.05, 4.69) is 5.32 Å². The Balaban J connectivity index is 2.49. The minimum absolute atomic E-state index is 0.159. The molecule has 17 heavy (non-hydrogen) atoms. The molecule has 1 rings (SSSR count). The molecule has 0 saturated heterocycles. The fourth-order valence-corrected chi connectivity index (χ4v) is 1.24. The molecule has 5 nitrogen and oxygen atoms in total. The van der Waals surface area contributed by atoms with Crippen LogP contribution in [0.1, 0.15) is 21.9 Å². The predicted molar refractivity (Wildman–Crippen MR) is 54.1 cm³/mol. The van der Waals surface area contributed by atoms with Crippen LogP contribution in [0, 0.1) is 6.92 Å². The second-order valence-electron chi connectivity index (χ2n) is 3.53. The molecule has 96 valence electrons. The normalized spacial score (nSPS) is 13.0. The van der Waals surface area contributed by atoms with Gasteiger partial charge in [0.25, 0.3) is 6.43 Å². The molecule has 0 aliphatic rings. The van der Waals surface area contributed by atoms with Gasteiger partial charge in [0.05, 0.1) is 0 Å². The summed E-state index contributed by atoms with van der Waals surface area (Å²) in [5.74, 6) is -0.984. The molecule has 0 spiro atoms. The zero-order chi connectivity index (χ0) is 13.0. The highest BCUT2D eigenvalue weighted by atomic mass is 19.3. The smallest absolute Gasteiger partial charge is 0.371 e. The summed E-state index contributed by atoms with van der Waals surface area (Å²) in [6.07, 6.45) is -4.54. The van der Waals surface area contributed by atoms with Gasteiger partial charge in [-0.3, -0.25) is 0 Å². The molecule has 1 atom stereocenters. The van der Waals surface area contributed by atoms with Crippen LogP contribution in [0.5, 0.6) is 0 Å². The van der Waals surface area contributed by atoms with Crippen LogP contribution in [-0.2, 0) is 6.54 Å². The van der Waals surface area contributed by atoms with E-state index in [9.17, 15) is 13.6 Å². The van der Waals surface area contributed by atoms with Gasteiger partial charge < -0.3 is 19.9 Å². The maximum absolute atomic E-state index is 12.0. The van der Waals surface area contributed by atoms with E-state index in [4.69, 9.17) is 14.6 Å². The predicted octanol–water partition coefficient (Wildman–Crippen LogP) is 1.00. The Morgan fingerprint density at radius 3 is 2.71 bits per heavy atom. The molecule has 0 saturated carbocycles. The van der Waals surface area contributed by atoms with E-state index in [1.807, 2.05) is 0 Å². The number of hydrogen-bond acceptors (Lipinski definition) is 4. The number of aromatic carboxylic acids is 1. The molecular formula is C10H13F2NO4. The molecule has 7 heteroatoms. The van der Waals surface area contributed by atoms with E-state index >= 15 is 0 Å². The van der Waals surface area contributed by atoms with Crippen molar-refractivity contribution in [2.75, 3.05) is 6.54 Å². The van der Waals surface area contributed by atoms with Crippen molar-refractivity contribution in [1.29, 1.82) is 0 Å². The van der Waals surface area contributed by atoms with Gasteiger partial charge in [-0.25, -0.2) is 13.6 Å². The average Bonchev–Trinajstić information content (AvgIpc) is 2.60. The summed E-state index contributed by atoms with van der Waals surface area (Å²) in [5, 5.41) is 20.1. The Labute approximate surface area is 96.0 Å². The Bertz CT molecular complexity index is 392. The van der Waals surface area contributed by atoms with Crippen LogP contribution in [0.4, 0.5) is 8.78 Å². The first-order valence-corrected chi connectivity index (χ1v) is 4.91. The van der Waals surface area contributed by atoms with Crippen LogP contribution in [-0.4, -0.2) is 35.3 Å². The van der Waals surface area contributed by atoms with Crippen LogP contribution in [0.3, 0.4) is 0 Å². The monoisotopic (exact) mass is 249 g/mol. The first-order valence-electron chi connectivity index (χ1n) is 4.91. The number of rotatable bonds is 6. The van der Waals surface area contributed by atoms with Gasteiger partial charge in [0.1, 0.15) is 11.9 Å². The standard InChI is InChI=1S/C10H13F2NO4/c1-5-6(2-8(17-5)10(15)16)3-13-4-7(14)9(11)12/h2,7,9,13-14H,3-4H2,1H3,(H,15,16). The quantitative estimate of drug-likeness (QED) is 0.700. The van der Waals surface area contributed by atoms with E-state index in [0.29, 0.717) is 11.3 Å². The molecule has 0 aromatic carbocycles. The Hall–Kier alpha value is -1.47. The van der Waals surface area contributed by atoms with E-state index in [-0.39, 0.29) is 18.8 Å². The summed E-state index contributed by atoms with van der Waals surface area (Å²) < 4.78 is 28.8. The number of aliphatic hydroxyl groups excluding tert-OH is 1. The Kier molecular flexibility index (Phi) is 4.59. The summed E-state index contributed by atoms with van der Waals surface area (Å²) >= 11 is 0.